The molecule has 7 heteroatoms. The summed E-state index contributed by atoms with van der Waals surface area (Å²) < 4.78 is 0. The van der Waals surface area contributed by atoms with Gasteiger partial charge < -0.3 is 16.0 Å². The molecule has 1 aromatic heterocycles. The summed E-state index contributed by atoms with van der Waals surface area (Å²) in [7, 11) is 0. The Labute approximate surface area is 177 Å². The zero-order valence-electron chi connectivity index (χ0n) is 17.2. The molecule has 0 spiro atoms. The van der Waals surface area contributed by atoms with E-state index in [0.717, 1.165) is 68.9 Å². The van der Waals surface area contributed by atoms with Crippen LogP contribution in [0.3, 0.4) is 0 Å². The van der Waals surface area contributed by atoms with Gasteiger partial charge in [0.25, 0.3) is 5.91 Å². The van der Waals surface area contributed by atoms with Gasteiger partial charge in [-0.2, -0.15) is 0 Å². The third-order valence-corrected chi connectivity index (χ3v) is 5.96. The second-order valence-electron chi connectivity index (χ2n) is 8.20. The highest BCUT2D eigenvalue weighted by Gasteiger charge is 2.24. The molecule has 0 aliphatic carbocycles. The Balaban J connectivity index is 1.38. The zero-order valence-corrected chi connectivity index (χ0v) is 17.2. The van der Waals surface area contributed by atoms with Crippen LogP contribution in [-0.2, 0) is 11.3 Å². The summed E-state index contributed by atoms with van der Waals surface area (Å²) in [5.41, 5.74) is 7.99. The topological polar surface area (TPSA) is 91.6 Å². The fourth-order valence-electron chi connectivity index (χ4n) is 4.34. The van der Waals surface area contributed by atoms with Crippen LogP contribution in [0.5, 0.6) is 0 Å². The number of nitrogens with zero attached hydrogens (tertiary/aromatic N) is 3. The van der Waals surface area contributed by atoms with Gasteiger partial charge in [0.15, 0.2) is 0 Å². The number of carbonyl (C=O) groups excluding carboxylic acids is 2. The van der Waals surface area contributed by atoms with Gasteiger partial charge in [0.1, 0.15) is 5.82 Å². The smallest absolute Gasteiger partial charge is 0.259 e. The fourth-order valence-corrected chi connectivity index (χ4v) is 4.34. The number of piperidine rings is 1. The van der Waals surface area contributed by atoms with E-state index in [0.29, 0.717) is 12.1 Å². The van der Waals surface area contributed by atoms with Crippen LogP contribution in [0.15, 0.2) is 42.6 Å². The Morgan fingerprint density at radius 1 is 1.07 bits per heavy atom. The molecule has 1 unspecified atom stereocenters. The molecule has 1 atom stereocenters. The molecule has 2 aromatic rings. The van der Waals surface area contributed by atoms with Crippen molar-refractivity contribution in [2.45, 2.75) is 32.2 Å². The first-order chi connectivity index (χ1) is 14.6. The van der Waals surface area contributed by atoms with Crippen molar-refractivity contribution in [3.63, 3.8) is 0 Å². The van der Waals surface area contributed by atoms with E-state index >= 15 is 0 Å². The maximum Gasteiger partial charge on any atom is 0.259 e. The van der Waals surface area contributed by atoms with Crippen molar-refractivity contribution < 1.29 is 9.59 Å². The first-order valence-electron chi connectivity index (χ1n) is 10.7. The van der Waals surface area contributed by atoms with E-state index in [1.54, 1.807) is 12.3 Å². The zero-order chi connectivity index (χ0) is 20.9. The van der Waals surface area contributed by atoms with Crippen LogP contribution >= 0.6 is 0 Å². The van der Waals surface area contributed by atoms with Gasteiger partial charge in [0, 0.05) is 38.1 Å². The van der Waals surface area contributed by atoms with Gasteiger partial charge in [-0.25, -0.2) is 4.98 Å². The van der Waals surface area contributed by atoms with Gasteiger partial charge in [0.05, 0.1) is 11.5 Å². The normalized spacial score (nSPS) is 19.6. The predicted octanol–water partition coefficient (Wildman–Crippen LogP) is 2.63. The summed E-state index contributed by atoms with van der Waals surface area (Å²) in [4.78, 5) is 33.2. The lowest BCUT2D eigenvalue weighted by Crippen LogP contribution is -2.40. The monoisotopic (exact) mass is 407 g/mol. The van der Waals surface area contributed by atoms with Crippen molar-refractivity contribution in [3.05, 3.63) is 53.7 Å². The standard InChI is InChI=1S/C23H29N5O2/c24-21(29)18-5-4-12-27(16-18)15-17-7-9-19(10-8-17)26-23(30)20-6-3-11-25-22(20)28-13-1-2-14-28/h3,6-11,18H,1-2,4-5,12-16H2,(H2,24,29)(H,26,30). The van der Waals surface area contributed by atoms with Gasteiger partial charge in [-0.05, 0) is 62.1 Å². The number of rotatable bonds is 6. The van der Waals surface area contributed by atoms with Gasteiger partial charge in [0.2, 0.25) is 5.91 Å². The fraction of sp³-hybridized carbons (Fsp3) is 0.435. The lowest BCUT2D eigenvalue weighted by atomic mass is 9.97. The van der Waals surface area contributed by atoms with Crippen molar-refractivity contribution in [1.29, 1.82) is 0 Å². The largest absolute Gasteiger partial charge is 0.369 e. The van der Waals surface area contributed by atoms with E-state index in [-0.39, 0.29) is 17.7 Å². The van der Waals surface area contributed by atoms with E-state index in [9.17, 15) is 9.59 Å². The quantitative estimate of drug-likeness (QED) is 0.768. The molecule has 1 aromatic carbocycles. The van der Waals surface area contributed by atoms with Crippen molar-refractivity contribution in [3.8, 4) is 0 Å². The molecule has 2 amide bonds. The number of likely N-dealkylation sites (tertiary alicyclic amines) is 1. The lowest BCUT2D eigenvalue weighted by molar-refractivity contribution is -0.123. The van der Waals surface area contributed by atoms with Crippen molar-refractivity contribution in [2.24, 2.45) is 11.7 Å². The molecule has 2 aliphatic rings. The van der Waals surface area contributed by atoms with Gasteiger partial charge in [-0.3, -0.25) is 14.5 Å². The number of nitrogens with one attached hydrogen (secondary N) is 1. The molecule has 0 bridgehead atoms. The van der Waals surface area contributed by atoms with Gasteiger partial charge in [-0.15, -0.1) is 0 Å². The maximum absolute atomic E-state index is 12.9. The second-order valence-corrected chi connectivity index (χ2v) is 8.20. The number of aromatic nitrogens is 1. The molecule has 3 N–H and O–H groups in total. The third-order valence-electron chi connectivity index (χ3n) is 5.96. The van der Waals surface area contributed by atoms with E-state index in [1.807, 2.05) is 30.3 Å². The van der Waals surface area contributed by atoms with E-state index in [1.165, 1.54) is 0 Å². The summed E-state index contributed by atoms with van der Waals surface area (Å²) in [6.07, 6.45) is 5.88. The van der Waals surface area contributed by atoms with Crippen LogP contribution in [0.25, 0.3) is 0 Å². The SMILES string of the molecule is NC(=O)C1CCCN(Cc2ccc(NC(=O)c3cccnc3N3CCCC3)cc2)C1. The van der Waals surface area contributed by atoms with E-state index in [2.05, 4.69) is 20.1 Å². The number of primary amides is 1. The summed E-state index contributed by atoms with van der Waals surface area (Å²) in [5, 5.41) is 2.99. The average molecular weight is 408 g/mol. The van der Waals surface area contributed by atoms with Crippen LogP contribution in [0.1, 0.15) is 41.6 Å². The Kier molecular flexibility index (Phi) is 6.28. The minimum atomic E-state index is -0.207. The third kappa shape index (κ3) is 4.79. The van der Waals surface area contributed by atoms with Gasteiger partial charge in [-0.1, -0.05) is 12.1 Å². The number of hydrogen-bond donors (Lipinski definition) is 2. The highest BCUT2D eigenvalue weighted by atomic mass is 16.2. The van der Waals surface area contributed by atoms with E-state index in [4.69, 9.17) is 5.73 Å². The summed E-state index contributed by atoms with van der Waals surface area (Å²) in [6, 6.07) is 11.5. The number of benzene rings is 1. The number of anilines is 2. The molecule has 0 radical (unpaired) electrons. The molecule has 2 saturated heterocycles. The summed E-state index contributed by atoms with van der Waals surface area (Å²) in [5.74, 6) is 0.361. The van der Waals surface area contributed by atoms with Crippen LogP contribution in [0.2, 0.25) is 0 Å². The first-order valence-corrected chi connectivity index (χ1v) is 10.7. The lowest BCUT2D eigenvalue weighted by Gasteiger charge is -2.31. The van der Waals surface area contributed by atoms with Crippen molar-refractivity contribution in [1.82, 2.24) is 9.88 Å². The second kappa shape index (κ2) is 9.26. The van der Waals surface area contributed by atoms with Crippen LogP contribution in [0, 0.1) is 5.92 Å². The Bertz CT molecular complexity index is 893. The minimum Gasteiger partial charge on any atom is -0.369 e. The number of carbonyl (C=O) groups is 2. The average Bonchev–Trinajstić information content (AvgIpc) is 3.30. The van der Waals surface area contributed by atoms with Crippen LogP contribution in [0.4, 0.5) is 11.5 Å². The molecule has 0 saturated carbocycles. The molecular weight excluding hydrogens is 378 g/mol. The first kappa shape index (κ1) is 20.3. The Morgan fingerprint density at radius 3 is 2.57 bits per heavy atom. The highest BCUT2D eigenvalue weighted by molar-refractivity contribution is 6.07. The molecule has 30 heavy (non-hydrogen) atoms. The van der Waals surface area contributed by atoms with Crippen molar-refractivity contribution in [2.75, 3.05) is 36.4 Å². The van der Waals surface area contributed by atoms with Crippen molar-refractivity contribution >= 4 is 23.3 Å². The molecule has 4 rings (SSSR count). The number of nitrogens with two attached hydrogens (primary N) is 1. The number of hydrogen-bond acceptors (Lipinski definition) is 5. The minimum absolute atomic E-state index is 0.0541. The molecule has 2 fully saturated rings. The summed E-state index contributed by atoms with van der Waals surface area (Å²) in [6.45, 7) is 4.36. The van der Waals surface area contributed by atoms with E-state index < -0.39 is 0 Å². The Hall–Kier alpha value is -2.93. The maximum atomic E-state index is 12.9. The van der Waals surface area contributed by atoms with Gasteiger partial charge >= 0.3 is 0 Å². The van der Waals surface area contributed by atoms with Crippen LogP contribution in [-0.4, -0.2) is 47.9 Å². The Morgan fingerprint density at radius 2 is 1.83 bits per heavy atom. The highest BCUT2D eigenvalue weighted by Crippen LogP contribution is 2.23. The molecular formula is C23H29N5O2. The molecule has 3 heterocycles. The van der Waals surface area contributed by atoms with Crippen LogP contribution < -0.4 is 16.0 Å². The number of amides is 2. The molecule has 2 aliphatic heterocycles. The number of pyridine rings is 1. The summed E-state index contributed by atoms with van der Waals surface area (Å²) >= 11 is 0. The molecule has 158 valence electrons. The predicted molar refractivity (Wildman–Crippen MR) is 117 cm³/mol. The molecule has 7 nitrogen and oxygen atoms in total.